The highest BCUT2D eigenvalue weighted by atomic mass is 16.5. The molecule has 3 rings (SSSR count). The van der Waals surface area contributed by atoms with Gasteiger partial charge in [-0.15, -0.1) is 0 Å². The maximum absolute atomic E-state index is 13.0. The largest absolute Gasteiger partial charge is 0.481 e. The van der Waals surface area contributed by atoms with Crippen LogP contribution in [0.1, 0.15) is 45.1 Å². The zero-order valence-electron chi connectivity index (χ0n) is 15.3. The quantitative estimate of drug-likeness (QED) is 0.893. The Bertz CT molecular complexity index is 836. The summed E-state index contributed by atoms with van der Waals surface area (Å²) in [6.45, 7) is 3.26. The van der Waals surface area contributed by atoms with Crippen LogP contribution in [0.5, 0.6) is 5.75 Å². The van der Waals surface area contributed by atoms with Crippen molar-refractivity contribution in [3.63, 3.8) is 0 Å². The monoisotopic (exact) mass is 353 g/mol. The zero-order valence-corrected chi connectivity index (χ0v) is 15.3. The maximum atomic E-state index is 13.0. The van der Waals surface area contributed by atoms with Gasteiger partial charge in [0.15, 0.2) is 6.61 Å². The van der Waals surface area contributed by atoms with E-state index in [9.17, 15) is 9.59 Å². The molecule has 5 heteroatoms. The molecule has 2 aromatic rings. The van der Waals surface area contributed by atoms with Crippen molar-refractivity contribution < 1.29 is 19.4 Å². The molecule has 136 valence electrons. The molecule has 0 radical (unpaired) electrons. The molecular formula is C21H23NO4. The Labute approximate surface area is 153 Å². The lowest BCUT2D eigenvalue weighted by molar-refractivity contribution is -0.139. The summed E-state index contributed by atoms with van der Waals surface area (Å²) < 4.78 is 5.35. The van der Waals surface area contributed by atoms with Gasteiger partial charge in [-0.05, 0) is 61.1 Å². The van der Waals surface area contributed by atoms with Gasteiger partial charge in [-0.1, -0.05) is 24.3 Å². The SMILES string of the molecule is Cc1cc(C(=O)N(C)C2CCc3ccccc32)cc(C)c1OCC(=O)O. The normalized spacial score (nSPS) is 15.4. The molecule has 0 bridgehead atoms. The number of hydrogen-bond donors (Lipinski definition) is 1. The Hall–Kier alpha value is -2.82. The van der Waals surface area contributed by atoms with Crippen LogP contribution in [-0.4, -0.2) is 35.5 Å². The molecule has 0 heterocycles. The van der Waals surface area contributed by atoms with Crippen LogP contribution < -0.4 is 4.74 Å². The number of fused-ring (bicyclic) bond motifs is 1. The van der Waals surface area contributed by atoms with E-state index in [1.807, 2.05) is 33.0 Å². The number of rotatable bonds is 5. The summed E-state index contributed by atoms with van der Waals surface area (Å²) in [5, 5.41) is 8.79. The van der Waals surface area contributed by atoms with Gasteiger partial charge in [-0.3, -0.25) is 4.79 Å². The number of nitrogens with zero attached hydrogens (tertiary/aromatic N) is 1. The van der Waals surface area contributed by atoms with E-state index in [1.165, 1.54) is 11.1 Å². The molecule has 0 saturated carbocycles. The Kier molecular flexibility index (Phi) is 4.98. The average Bonchev–Trinajstić information content (AvgIpc) is 3.03. The third-order valence-corrected chi connectivity index (χ3v) is 4.94. The van der Waals surface area contributed by atoms with Crippen LogP contribution in [0.4, 0.5) is 0 Å². The van der Waals surface area contributed by atoms with Crippen molar-refractivity contribution in [2.45, 2.75) is 32.7 Å². The van der Waals surface area contributed by atoms with Gasteiger partial charge in [0.2, 0.25) is 0 Å². The van der Waals surface area contributed by atoms with Crippen LogP contribution in [-0.2, 0) is 11.2 Å². The Morgan fingerprint density at radius 2 is 1.85 bits per heavy atom. The summed E-state index contributed by atoms with van der Waals surface area (Å²) in [6.07, 6.45) is 1.91. The molecule has 1 N–H and O–H groups in total. The average molecular weight is 353 g/mol. The summed E-state index contributed by atoms with van der Waals surface area (Å²) >= 11 is 0. The fourth-order valence-electron chi connectivity index (χ4n) is 3.72. The second-order valence-electron chi connectivity index (χ2n) is 6.79. The molecule has 5 nitrogen and oxygen atoms in total. The number of carbonyl (C=O) groups is 2. The second kappa shape index (κ2) is 7.20. The van der Waals surface area contributed by atoms with Gasteiger partial charge < -0.3 is 14.7 Å². The first-order chi connectivity index (χ1) is 12.4. The van der Waals surface area contributed by atoms with E-state index in [1.54, 1.807) is 17.0 Å². The summed E-state index contributed by atoms with van der Waals surface area (Å²) in [7, 11) is 1.84. The smallest absolute Gasteiger partial charge is 0.341 e. The predicted molar refractivity (Wildman–Crippen MR) is 98.6 cm³/mol. The third-order valence-electron chi connectivity index (χ3n) is 4.94. The van der Waals surface area contributed by atoms with Gasteiger partial charge in [0.05, 0.1) is 6.04 Å². The highest BCUT2D eigenvalue weighted by molar-refractivity contribution is 5.95. The van der Waals surface area contributed by atoms with Gasteiger partial charge in [0, 0.05) is 12.6 Å². The lowest BCUT2D eigenvalue weighted by Crippen LogP contribution is -2.30. The summed E-state index contributed by atoms with van der Waals surface area (Å²) in [6, 6.07) is 11.9. The molecule has 0 aromatic heterocycles. The highest BCUT2D eigenvalue weighted by Gasteiger charge is 2.29. The molecule has 0 aliphatic heterocycles. The van der Waals surface area contributed by atoms with Gasteiger partial charge in [-0.25, -0.2) is 4.79 Å². The van der Waals surface area contributed by atoms with E-state index in [0.29, 0.717) is 11.3 Å². The van der Waals surface area contributed by atoms with Gasteiger partial charge in [0.1, 0.15) is 5.75 Å². The maximum Gasteiger partial charge on any atom is 0.341 e. The van der Waals surface area contributed by atoms with Crippen LogP contribution in [0.2, 0.25) is 0 Å². The number of aliphatic carboxylic acids is 1. The summed E-state index contributed by atoms with van der Waals surface area (Å²) in [4.78, 5) is 25.5. The number of carboxylic acids is 1. The molecule has 1 atom stereocenters. The lowest BCUT2D eigenvalue weighted by Gasteiger charge is -2.26. The van der Waals surface area contributed by atoms with Crippen LogP contribution >= 0.6 is 0 Å². The highest BCUT2D eigenvalue weighted by Crippen LogP contribution is 2.36. The Morgan fingerprint density at radius 3 is 2.50 bits per heavy atom. The standard InChI is InChI=1S/C21H23NO4/c1-13-10-16(11-14(2)20(13)26-12-19(23)24)21(25)22(3)18-9-8-15-6-4-5-7-17(15)18/h4-7,10-11,18H,8-9,12H2,1-3H3,(H,23,24). The van der Waals surface area contributed by atoms with E-state index in [4.69, 9.17) is 9.84 Å². The molecule has 0 saturated heterocycles. The van der Waals surface area contributed by atoms with Crippen molar-refractivity contribution in [2.24, 2.45) is 0 Å². The molecular weight excluding hydrogens is 330 g/mol. The van der Waals surface area contributed by atoms with Crippen molar-refractivity contribution in [2.75, 3.05) is 13.7 Å². The first kappa shape index (κ1) is 18.0. The van der Waals surface area contributed by atoms with E-state index in [2.05, 4.69) is 12.1 Å². The first-order valence-corrected chi connectivity index (χ1v) is 8.69. The number of aryl methyl sites for hydroxylation is 3. The number of amides is 1. The number of carboxylic acid groups (broad SMARTS) is 1. The Morgan fingerprint density at radius 1 is 1.19 bits per heavy atom. The molecule has 2 aromatic carbocycles. The number of ether oxygens (including phenoxy) is 1. The first-order valence-electron chi connectivity index (χ1n) is 8.69. The Balaban J connectivity index is 1.83. The molecule has 0 fully saturated rings. The van der Waals surface area contributed by atoms with Crippen LogP contribution in [0.15, 0.2) is 36.4 Å². The number of hydrogen-bond acceptors (Lipinski definition) is 3. The molecule has 1 aliphatic rings. The summed E-state index contributed by atoms with van der Waals surface area (Å²) in [5.74, 6) is -0.538. The number of benzene rings is 2. The molecule has 26 heavy (non-hydrogen) atoms. The minimum Gasteiger partial charge on any atom is -0.481 e. The van der Waals surface area contributed by atoms with Gasteiger partial charge >= 0.3 is 5.97 Å². The molecule has 1 amide bonds. The van der Waals surface area contributed by atoms with Crippen molar-refractivity contribution >= 4 is 11.9 Å². The van der Waals surface area contributed by atoms with E-state index in [-0.39, 0.29) is 11.9 Å². The van der Waals surface area contributed by atoms with E-state index in [0.717, 1.165) is 24.0 Å². The van der Waals surface area contributed by atoms with Crippen LogP contribution in [0.3, 0.4) is 0 Å². The summed E-state index contributed by atoms with van der Waals surface area (Å²) in [5.41, 5.74) is 4.64. The van der Waals surface area contributed by atoms with E-state index < -0.39 is 12.6 Å². The third kappa shape index (κ3) is 3.43. The fourth-order valence-corrected chi connectivity index (χ4v) is 3.72. The fraction of sp³-hybridized carbons (Fsp3) is 0.333. The van der Waals surface area contributed by atoms with Crippen LogP contribution in [0, 0.1) is 13.8 Å². The van der Waals surface area contributed by atoms with Gasteiger partial charge in [0.25, 0.3) is 5.91 Å². The second-order valence-corrected chi connectivity index (χ2v) is 6.79. The van der Waals surface area contributed by atoms with Crippen molar-refractivity contribution in [3.8, 4) is 5.75 Å². The van der Waals surface area contributed by atoms with E-state index >= 15 is 0 Å². The molecule has 1 aliphatic carbocycles. The van der Waals surface area contributed by atoms with Gasteiger partial charge in [-0.2, -0.15) is 0 Å². The van der Waals surface area contributed by atoms with Crippen LogP contribution in [0.25, 0.3) is 0 Å². The topological polar surface area (TPSA) is 66.8 Å². The minimum atomic E-state index is -1.02. The van der Waals surface area contributed by atoms with Crippen molar-refractivity contribution in [1.29, 1.82) is 0 Å². The van der Waals surface area contributed by atoms with Crippen molar-refractivity contribution in [1.82, 2.24) is 4.90 Å². The zero-order chi connectivity index (χ0) is 18.8. The predicted octanol–water partition coefficient (Wildman–Crippen LogP) is 3.53. The lowest BCUT2D eigenvalue weighted by atomic mass is 10.0. The molecule has 0 spiro atoms. The molecule has 1 unspecified atom stereocenters. The van der Waals surface area contributed by atoms with Crippen molar-refractivity contribution in [3.05, 3.63) is 64.2 Å². The number of carbonyl (C=O) groups excluding carboxylic acids is 1. The minimum absolute atomic E-state index is 0.0392.